The summed E-state index contributed by atoms with van der Waals surface area (Å²) in [5.41, 5.74) is 1.56. The second-order valence-electron chi connectivity index (χ2n) is 5.07. The smallest absolute Gasteiger partial charge is 0.335 e. The number of carboxylic acids is 1. The lowest BCUT2D eigenvalue weighted by Crippen LogP contribution is -2.14. The maximum atomic E-state index is 12.5. The van der Waals surface area contributed by atoms with Gasteiger partial charge in [-0.3, -0.25) is 4.72 Å². The van der Waals surface area contributed by atoms with E-state index in [0.29, 0.717) is 16.9 Å². The molecular formula is C16H17NO5S. The Balaban J connectivity index is 2.40. The van der Waals surface area contributed by atoms with Crippen LogP contribution in [0, 0.1) is 13.8 Å². The van der Waals surface area contributed by atoms with Crippen LogP contribution in [0.5, 0.6) is 5.75 Å². The van der Waals surface area contributed by atoms with E-state index in [4.69, 9.17) is 9.84 Å². The van der Waals surface area contributed by atoms with E-state index >= 15 is 0 Å². The Kier molecular flexibility index (Phi) is 4.60. The first kappa shape index (κ1) is 16.8. The number of aromatic carboxylic acids is 1. The molecule has 0 spiro atoms. The van der Waals surface area contributed by atoms with Crippen LogP contribution in [-0.2, 0) is 10.0 Å². The number of carboxylic acid groups (broad SMARTS) is 1. The Morgan fingerprint density at radius 3 is 2.35 bits per heavy atom. The van der Waals surface area contributed by atoms with Gasteiger partial charge in [0, 0.05) is 0 Å². The van der Waals surface area contributed by atoms with Crippen molar-refractivity contribution >= 4 is 21.7 Å². The second-order valence-corrected chi connectivity index (χ2v) is 6.75. The minimum atomic E-state index is -3.82. The first-order chi connectivity index (χ1) is 10.7. The van der Waals surface area contributed by atoms with Crippen LogP contribution in [0.1, 0.15) is 21.5 Å². The van der Waals surface area contributed by atoms with E-state index in [1.165, 1.54) is 31.4 Å². The Labute approximate surface area is 134 Å². The number of sulfonamides is 1. The fourth-order valence-electron chi connectivity index (χ4n) is 2.09. The van der Waals surface area contributed by atoms with Crippen molar-refractivity contribution in [1.29, 1.82) is 0 Å². The summed E-state index contributed by atoms with van der Waals surface area (Å²) in [4.78, 5) is 11.1. The molecule has 0 unspecified atom stereocenters. The third-order valence-electron chi connectivity index (χ3n) is 3.41. The van der Waals surface area contributed by atoms with Gasteiger partial charge >= 0.3 is 5.97 Å². The van der Waals surface area contributed by atoms with Gasteiger partial charge in [0.2, 0.25) is 0 Å². The molecule has 2 aromatic rings. The topological polar surface area (TPSA) is 92.7 Å². The number of ether oxygens (including phenoxy) is 1. The Bertz CT molecular complexity index is 859. The van der Waals surface area contributed by atoms with Crippen LogP contribution in [0.4, 0.5) is 5.69 Å². The van der Waals surface area contributed by atoms with E-state index in [2.05, 4.69) is 4.72 Å². The van der Waals surface area contributed by atoms with Crippen LogP contribution in [0.25, 0.3) is 0 Å². The summed E-state index contributed by atoms with van der Waals surface area (Å²) in [5, 5.41) is 9.02. The van der Waals surface area contributed by atoms with Crippen molar-refractivity contribution in [2.75, 3.05) is 11.8 Å². The van der Waals surface area contributed by atoms with E-state index in [-0.39, 0.29) is 16.1 Å². The first-order valence-electron chi connectivity index (χ1n) is 6.76. The minimum absolute atomic E-state index is 0.0132. The maximum absolute atomic E-state index is 12.5. The highest BCUT2D eigenvalue weighted by Crippen LogP contribution is 2.25. The predicted octanol–water partition coefficient (Wildman–Crippen LogP) is 2.81. The zero-order valence-electron chi connectivity index (χ0n) is 13.0. The molecule has 2 rings (SSSR count). The minimum Gasteiger partial charge on any atom is -0.496 e. The van der Waals surface area contributed by atoms with Crippen LogP contribution >= 0.6 is 0 Å². The summed E-state index contributed by atoms with van der Waals surface area (Å²) in [6.07, 6.45) is 0. The number of benzene rings is 2. The van der Waals surface area contributed by atoms with Crippen molar-refractivity contribution < 1.29 is 23.1 Å². The fourth-order valence-corrected chi connectivity index (χ4v) is 3.29. The number of anilines is 1. The summed E-state index contributed by atoms with van der Waals surface area (Å²) in [6.45, 7) is 3.44. The molecular weight excluding hydrogens is 318 g/mol. The third-order valence-corrected chi connectivity index (χ3v) is 4.77. The van der Waals surface area contributed by atoms with E-state index < -0.39 is 16.0 Å². The molecule has 7 heteroatoms. The predicted molar refractivity (Wildman–Crippen MR) is 86.7 cm³/mol. The van der Waals surface area contributed by atoms with Gasteiger partial charge in [-0.15, -0.1) is 0 Å². The van der Waals surface area contributed by atoms with Crippen molar-refractivity contribution in [2.24, 2.45) is 0 Å². The van der Waals surface area contributed by atoms with E-state index in [0.717, 1.165) is 0 Å². The molecule has 0 amide bonds. The van der Waals surface area contributed by atoms with Crippen molar-refractivity contribution in [2.45, 2.75) is 18.7 Å². The molecule has 0 atom stereocenters. The highest BCUT2D eigenvalue weighted by Gasteiger charge is 2.17. The molecule has 0 saturated carbocycles. The van der Waals surface area contributed by atoms with Gasteiger partial charge in [-0.2, -0.15) is 0 Å². The number of methoxy groups -OCH3 is 1. The van der Waals surface area contributed by atoms with Crippen LogP contribution in [0.15, 0.2) is 41.3 Å². The number of carbonyl (C=O) groups is 1. The lowest BCUT2D eigenvalue weighted by Gasteiger charge is -2.13. The standard InChI is InChI=1S/C16H17NO5S/c1-10-4-5-12(16(18)19)9-14(10)17-23(20,21)13-6-7-15(22-3)11(2)8-13/h4-9,17H,1-3H3,(H,18,19). The normalized spacial score (nSPS) is 11.1. The maximum Gasteiger partial charge on any atom is 0.335 e. The van der Waals surface area contributed by atoms with Gasteiger partial charge < -0.3 is 9.84 Å². The summed E-state index contributed by atoms with van der Waals surface area (Å²) >= 11 is 0. The highest BCUT2D eigenvalue weighted by molar-refractivity contribution is 7.92. The van der Waals surface area contributed by atoms with Gasteiger partial charge in [0.05, 0.1) is 23.3 Å². The summed E-state index contributed by atoms with van der Waals surface area (Å²) in [7, 11) is -2.31. The lowest BCUT2D eigenvalue weighted by molar-refractivity contribution is 0.0697. The zero-order valence-corrected chi connectivity index (χ0v) is 13.8. The Hall–Kier alpha value is -2.54. The molecule has 0 aliphatic carbocycles. The molecule has 122 valence electrons. The zero-order chi connectivity index (χ0) is 17.2. The van der Waals surface area contributed by atoms with E-state index in [9.17, 15) is 13.2 Å². The SMILES string of the molecule is COc1ccc(S(=O)(=O)Nc2cc(C(=O)O)ccc2C)cc1C. The van der Waals surface area contributed by atoms with Crippen molar-refractivity contribution in [3.05, 3.63) is 53.1 Å². The molecule has 6 nitrogen and oxygen atoms in total. The number of rotatable bonds is 5. The van der Waals surface area contributed by atoms with E-state index in [1.807, 2.05) is 0 Å². The van der Waals surface area contributed by atoms with Gasteiger partial charge in [-0.05, 0) is 55.3 Å². The average Bonchev–Trinajstić information content (AvgIpc) is 2.49. The number of hydrogen-bond acceptors (Lipinski definition) is 4. The summed E-state index contributed by atoms with van der Waals surface area (Å²) in [5.74, 6) is -0.529. The van der Waals surface area contributed by atoms with Crippen LogP contribution in [0.2, 0.25) is 0 Å². The molecule has 23 heavy (non-hydrogen) atoms. The van der Waals surface area contributed by atoms with Crippen molar-refractivity contribution in [1.82, 2.24) is 0 Å². The number of nitrogens with one attached hydrogen (secondary N) is 1. The van der Waals surface area contributed by atoms with Crippen LogP contribution < -0.4 is 9.46 Å². The van der Waals surface area contributed by atoms with Gasteiger partial charge in [-0.25, -0.2) is 13.2 Å². The van der Waals surface area contributed by atoms with Crippen molar-refractivity contribution in [3.63, 3.8) is 0 Å². The molecule has 0 radical (unpaired) electrons. The number of aryl methyl sites for hydroxylation is 2. The molecule has 0 bridgehead atoms. The first-order valence-corrected chi connectivity index (χ1v) is 8.24. The second kappa shape index (κ2) is 6.29. The van der Waals surface area contributed by atoms with E-state index in [1.54, 1.807) is 26.0 Å². The number of hydrogen-bond donors (Lipinski definition) is 2. The van der Waals surface area contributed by atoms with Crippen LogP contribution in [0.3, 0.4) is 0 Å². The van der Waals surface area contributed by atoms with Crippen LogP contribution in [-0.4, -0.2) is 26.6 Å². The summed E-state index contributed by atoms with van der Waals surface area (Å²) in [6, 6.07) is 8.78. The lowest BCUT2D eigenvalue weighted by atomic mass is 10.1. The molecule has 0 heterocycles. The summed E-state index contributed by atoms with van der Waals surface area (Å²) < 4.78 is 32.5. The molecule has 2 N–H and O–H groups in total. The molecule has 0 fully saturated rings. The van der Waals surface area contributed by atoms with Gasteiger partial charge in [-0.1, -0.05) is 6.07 Å². The molecule has 0 aromatic heterocycles. The van der Waals surface area contributed by atoms with Gasteiger partial charge in [0.15, 0.2) is 0 Å². The van der Waals surface area contributed by atoms with Gasteiger partial charge in [0.25, 0.3) is 10.0 Å². The van der Waals surface area contributed by atoms with Gasteiger partial charge in [0.1, 0.15) is 5.75 Å². The fraction of sp³-hybridized carbons (Fsp3) is 0.188. The molecule has 2 aromatic carbocycles. The third kappa shape index (κ3) is 3.62. The average molecular weight is 335 g/mol. The Morgan fingerprint density at radius 1 is 1.09 bits per heavy atom. The monoisotopic (exact) mass is 335 g/mol. The van der Waals surface area contributed by atoms with Crippen molar-refractivity contribution in [3.8, 4) is 5.75 Å². The molecule has 0 aliphatic rings. The Morgan fingerprint density at radius 2 is 1.78 bits per heavy atom. The quantitative estimate of drug-likeness (QED) is 0.876. The highest BCUT2D eigenvalue weighted by atomic mass is 32.2. The largest absolute Gasteiger partial charge is 0.496 e. The molecule has 0 saturated heterocycles. The molecule has 0 aliphatic heterocycles.